The monoisotopic (exact) mass is 247 g/mol. The van der Waals surface area contributed by atoms with Crippen molar-refractivity contribution in [3.05, 3.63) is 43.6 Å². The number of aromatic nitrogens is 1. The second-order valence-electron chi connectivity index (χ2n) is 2.77. The van der Waals surface area contributed by atoms with Crippen LogP contribution in [0, 0.1) is 0 Å². The van der Waals surface area contributed by atoms with Crippen LogP contribution in [-0.2, 0) is 0 Å². The van der Waals surface area contributed by atoms with E-state index in [0.717, 1.165) is 0 Å². The van der Waals surface area contributed by atoms with Crippen molar-refractivity contribution in [2.45, 2.75) is 0 Å². The first kappa shape index (κ1) is 9.84. The fourth-order valence-corrected chi connectivity index (χ4v) is 1.85. The van der Waals surface area contributed by atoms with E-state index in [9.17, 15) is 4.79 Å². The van der Waals surface area contributed by atoms with Crippen LogP contribution in [0.1, 0.15) is 0 Å². The van der Waals surface area contributed by atoms with Gasteiger partial charge in [0.25, 0.3) is 0 Å². The van der Waals surface area contributed by atoms with E-state index in [1.54, 1.807) is 12.1 Å². The molecule has 2 rings (SSSR count). The Labute approximate surface area is 94.4 Å². The molecule has 0 aliphatic carbocycles. The Balaban J connectivity index is 3.02. The van der Waals surface area contributed by atoms with Crippen molar-refractivity contribution < 1.29 is 0 Å². The zero-order chi connectivity index (χ0) is 10.3. The van der Waals surface area contributed by atoms with Crippen molar-refractivity contribution >= 4 is 45.7 Å². The maximum absolute atomic E-state index is 11.1. The Kier molecular flexibility index (Phi) is 2.43. The summed E-state index contributed by atoms with van der Waals surface area (Å²) in [6.07, 6.45) is 0. The van der Waals surface area contributed by atoms with Crippen molar-refractivity contribution in [1.82, 2.24) is 4.98 Å². The van der Waals surface area contributed by atoms with Crippen LogP contribution in [0.15, 0.2) is 23.0 Å². The second-order valence-corrected chi connectivity index (χ2v) is 3.96. The van der Waals surface area contributed by atoms with Gasteiger partial charge in [-0.05, 0) is 12.1 Å². The van der Waals surface area contributed by atoms with Crippen LogP contribution >= 0.6 is 34.8 Å². The molecule has 2 nitrogen and oxygen atoms in total. The molecule has 0 aliphatic heterocycles. The first-order valence-electron chi connectivity index (χ1n) is 3.76. The number of hydrogen-bond acceptors (Lipinski definition) is 1. The van der Waals surface area contributed by atoms with Crippen LogP contribution in [0.2, 0.25) is 15.1 Å². The van der Waals surface area contributed by atoms with E-state index in [4.69, 9.17) is 34.8 Å². The van der Waals surface area contributed by atoms with E-state index in [1.807, 2.05) is 0 Å². The smallest absolute Gasteiger partial charge is 0.249 e. The predicted octanol–water partition coefficient (Wildman–Crippen LogP) is 3.49. The van der Waals surface area contributed by atoms with E-state index >= 15 is 0 Å². The number of aromatic amines is 1. The molecule has 0 bridgehead atoms. The van der Waals surface area contributed by atoms with Gasteiger partial charge in [-0.15, -0.1) is 0 Å². The first-order valence-corrected chi connectivity index (χ1v) is 4.89. The molecule has 2 aromatic rings. The van der Waals surface area contributed by atoms with Gasteiger partial charge in [-0.2, -0.15) is 0 Å². The summed E-state index contributed by atoms with van der Waals surface area (Å²) in [5.41, 5.74) is 0.170. The Bertz CT molecular complexity index is 562. The summed E-state index contributed by atoms with van der Waals surface area (Å²) >= 11 is 17.6. The van der Waals surface area contributed by atoms with Crippen molar-refractivity contribution in [2.75, 3.05) is 0 Å². The zero-order valence-corrected chi connectivity index (χ0v) is 9.04. The number of halogens is 3. The van der Waals surface area contributed by atoms with Crippen LogP contribution in [0.5, 0.6) is 0 Å². The Morgan fingerprint density at radius 3 is 2.50 bits per heavy atom. The lowest BCUT2D eigenvalue weighted by Crippen LogP contribution is -2.03. The average Bonchev–Trinajstić information content (AvgIpc) is 2.12. The molecule has 0 unspecified atom stereocenters. The van der Waals surface area contributed by atoms with E-state index in [1.165, 1.54) is 6.07 Å². The molecule has 1 aromatic carbocycles. The molecule has 0 atom stereocenters. The van der Waals surface area contributed by atoms with Gasteiger partial charge in [0.15, 0.2) is 0 Å². The van der Waals surface area contributed by atoms with E-state index < -0.39 is 0 Å². The summed E-state index contributed by atoms with van der Waals surface area (Å²) < 4.78 is 0. The van der Waals surface area contributed by atoms with Gasteiger partial charge in [-0.25, -0.2) is 0 Å². The van der Waals surface area contributed by atoms with Gasteiger partial charge in [-0.1, -0.05) is 34.8 Å². The number of H-pyrrole nitrogens is 1. The van der Waals surface area contributed by atoms with Gasteiger partial charge >= 0.3 is 0 Å². The molecule has 0 aliphatic rings. The molecule has 0 amide bonds. The SMILES string of the molecule is O=c1cc(Cl)c2ccc(Cl)c(Cl)c2[nH]1. The number of hydrogen-bond donors (Lipinski definition) is 1. The lowest BCUT2D eigenvalue weighted by molar-refractivity contribution is 1.31. The maximum Gasteiger partial charge on any atom is 0.249 e. The highest BCUT2D eigenvalue weighted by Gasteiger charge is 2.07. The molecule has 0 saturated carbocycles. The normalized spacial score (nSPS) is 10.8. The largest absolute Gasteiger partial charge is 0.321 e. The molecule has 5 heteroatoms. The van der Waals surface area contributed by atoms with E-state index in [-0.39, 0.29) is 5.56 Å². The van der Waals surface area contributed by atoms with Crippen LogP contribution in [0.4, 0.5) is 0 Å². The standard InChI is InChI=1S/C9H4Cl3NO/c10-5-2-1-4-6(11)3-7(14)13-9(4)8(5)12/h1-3H,(H,13,14). The number of rotatable bonds is 0. The van der Waals surface area contributed by atoms with Gasteiger partial charge in [0, 0.05) is 11.5 Å². The number of fused-ring (bicyclic) bond motifs is 1. The molecule has 0 saturated heterocycles. The minimum atomic E-state index is -0.299. The third-order valence-electron chi connectivity index (χ3n) is 1.86. The summed E-state index contributed by atoms with van der Waals surface area (Å²) in [6.45, 7) is 0. The van der Waals surface area contributed by atoms with E-state index in [2.05, 4.69) is 4.98 Å². The van der Waals surface area contributed by atoms with Gasteiger partial charge < -0.3 is 4.98 Å². The minimum Gasteiger partial charge on any atom is -0.321 e. The molecule has 1 heterocycles. The Morgan fingerprint density at radius 2 is 1.79 bits per heavy atom. The molecule has 0 radical (unpaired) electrons. The molecule has 0 fully saturated rings. The summed E-state index contributed by atoms with van der Waals surface area (Å²) in [7, 11) is 0. The topological polar surface area (TPSA) is 32.9 Å². The third kappa shape index (κ3) is 1.50. The fourth-order valence-electron chi connectivity index (χ4n) is 1.22. The highest BCUT2D eigenvalue weighted by molar-refractivity contribution is 6.46. The molecule has 1 N–H and O–H groups in total. The summed E-state index contributed by atoms with van der Waals surface area (Å²) in [5, 5.41) is 1.74. The fraction of sp³-hybridized carbons (Fsp3) is 0. The van der Waals surface area contributed by atoms with Gasteiger partial charge in [0.2, 0.25) is 5.56 Å². The van der Waals surface area contributed by atoms with Crippen molar-refractivity contribution in [1.29, 1.82) is 0 Å². The van der Waals surface area contributed by atoms with Crippen molar-refractivity contribution in [2.24, 2.45) is 0 Å². The molecule has 72 valence electrons. The van der Waals surface area contributed by atoms with Crippen LogP contribution in [-0.4, -0.2) is 4.98 Å². The maximum atomic E-state index is 11.1. The second kappa shape index (κ2) is 3.46. The first-order chi connectivity index (χ1) is 6.59. The molecule has 14 heavy (non-hydrogen) atoms. The highest BCUT2D eigenvalue weighted by atomic mass is 35.5. The number of benzene rings is 1. The predicted molar refractivity (Wildman–Crippen MR) is 59.6 cm³/mol. The van der Waals surface area contributed by atoms with Gasteiger partial charge in [0.1, 0.15) is 0 Å². The third-order valence-corrected chi connectivity index (χ3v) is 2.98. The number of nitrogens with one attached hydrogen (secondary N) is 1. The van der Waals surface area contributed by atoms with Crippen LogP contribution in [0.3, 0.4) is 0 Å². The number of pyridine rings is 1. The molecular formula is C9H4Cl3NO. The Hall–Kier alpha value is -0.700. The lowest BCUT2D eigenvalue weighted by Gasteiger charge is -2.03. The molecular weight excluding hydrogens is 244 g/mol. The summed E-state index contributed by atoms with van der Waals surface area (Å²) in [5.74, 6) is 0. The van der Waals surface area contributed by atoms with Crippen molar-refractivity contribution in [3.63, 3.8) is 0 Å². The van der Waals surface area contributed by atoms with Crippen LogP contribution < -0.4 is 5.56 Å². The van der Waals surface area contributed by atoms with Gasteiger partial charge in [0.05, 0.1) is 20.6 Å². The quantitative estimate of drug-likeness (QED) is 0.760. The average molecular weight is 248 g/mol. The molecule has 1 aromatic heterocycles. The zero-order valence-electron chi connectivity index (χ0n) is 6.77. The highest BCUT2D eigenvalue weighted by Crippen LogP contribution is 2.31. The van der Waals surface area contributed by atoms with Gasteiger partial charge in [-0.3, -0.25) is 4.79 Å². The Morgan fingerprint density at radius 1 is 1.07 bits per heavy atom. The summed E-state index contributed by atoms with van der Waals surface area (Å²) in [4.78, 5) is 13.7. The molecule has 0 spiro atoms. The van der Waals surface area contributed by atoms with E-state index in [0.29, 0.717) is 26.0 Å². The summed E-state index contributed by atoms with van der Waals surface area (Å²) in [6, 6.07) is 4.65. The van der Waals surface area contributed by atoms with Crippen molar-refractivity contribution in [3.8, 4) is 0 Å². The van der Waals surface area contributed by atoms with Crippen LogP contribution in [0.25, 0.3) is 10.9 Å². The minimum absolute atomic E-state index is 0.299. The lowest BCUT2D eigenvalue weighted by atomic mass is 10.2.